The summed E-state index contributed by atoms with van der Waals surface area (Å²) in [5.74, 6) is -0.903. The molecule has 1 amide bonds. The van der Waals surface area contributed by atoms with Gasteiger partial charge in [0, 0.05) is 17.9 Å². The van der Waals surface area contributed by atoms with Crippen molar-refractivity contribution in [3.63, 3.8) is 0 Å². The highest BCUT2D eigenvalue weighted by molar-refractivity contribution is 8.04. The minimum absolute atomic E-state index is 0.0660. The van der Waals surface area contributed by atoms with Gasteiger partial charge in [-0.2, -0.15) is 0 Å². The SMILES string of the molecule is CC1(CSc2nnnn2CC(=O)OC(c2ccccc2)c2ccccc2)SC2CC(=O)N2C1C(=O)OCc1ccc([N+](=O)[O-])cc1. The second kappa shape index (κ2) is 13.3. The molecule has 2 fully saturated rings. The summed E-state index contributed by atoms with van der Waals surface area (Å²) >= 11 is 2.78. The van der Waals surface area contributed by atoms with E-state index in [2.05, 4.69) is 15.5 Å². The Morgan fingerprint density at radius 1 is 1.07 bits per heavy atom. The molecule has 46 heavy (non-hydrogen) atoms. The number of tetrazole rings is 1. The monoisotopic (exact) mass is 660 g/mol. The fourth-order valence-corrected chi connectivity index (χ4v) is 8.29. The smallest absolute Gasteiger partial charge is 0.330 e. The van der Waals surface area contributed by atoms with Gasteiger partial charge in [0.25, 0.3) is 5.69 Å². The van der Waals surface area contributed by atoms with E-state index in [1.807, 2.05) is 67.6 Å². The van der Waals surface area contributed by atoms with Crippen LogP contribution in [0.3, 0.4) is 0 Å². The van der Waals surface area contributed by atoms with Crippen molar-refractivity contribution >= 4 is 47.1 Å². The topological polar surface area (TPSA) is 160 Å². The molecule has 15 heteroatoms. The zero-order chi connectivity index (χ0) is 32.3. The molecule has 3 unspecified atom stereocenters. The summed E-state index contributed by atoms with van der Waals surface area (Å²) in [7, 11) is 0. The number of carbonyl (C=O) groups is 3. The molecule has 3 heterocycles. The number of amides is 1. The Balaban J connectivity index is 1.11. The summed E-state index contributed by atoms with van der Waals surface area (Å²) in [5, 5.41) is 23.0. The number of rotatable bonds is 12. The van der Waals surface area contributed by atoms with Crippen molar-refractivity contribution in [2.45, 2.75) is 53.9 Å². The average Bonchev–Trinajstić information content (AvgIpc) is 3.60. The van der Waals surface area contributed by atoms with Gasteiger partial charge in [-0.1, -0.05) is 72.4 Å². The van der Waals surface area contributed by atoms with Crippen LogP contribution in [-0.4, -0.2) is 69.8 Å². The molecule has 0 radical (unpaired) electrons. The quantitative estimate of drug-likeness (QED) is 0.0702. The van der Waals surface area contributed by atoms with E-state index in [1.165, 1.54) is 52.5 Å². The highest BCUT2D eigenvalue weighted by Crippen LogP contribution is 2.52. The fourth-order valence-electron chi connectivity index (χ4n) is 5.38. The lowest BCUT2D eigenvalue weighted by Crippen LogP contribution is -2.58. The number of ether oxygens (including phenoxy) is 2. The van der Waals surface area contributed by atoms with E-state index in [0.29, 0.717) is 22.9 Å². The molecule has 3 atom stereocenters. The van der Waals surface area contributed by atoms with Gasteiger partial charge in [-0.05, 0) is 46.2 Å². The van der Waals surface area contributed by atoms with Crippen LogP contribution in [-0.2, 0) is 37.0 Å². The third kappa shape index (κ3) is 6.60. The number of thioether (sulfide) groups is 2. The lowest BCUT2D eigenvalue weighted by Gasteiger charge is -2.37. The number of β-lactam (4-membered cyclic amide) rings is 1. The number of benzene rings is 3. The van der Waals surface area contributed by atoms with Crippen LogP contribution >= 0.6 is 23.5 Å². The Morgan fingerprint density at radius 2 is 1.72 bits per heavy atom. The van der Waals surface area contributed by atoms with Crippen LogP contribution in [0, 0.1) is 10.1 Å². The number of aromatic nitrogens is 4. The zero-order valence-electron chi connectivity index (χ0n) is 24.5. The van der Waals surface area contributed by atoms with Crippen LogP contribution in [0.15, 0.2) is 90.1 Å². The first-order valence-corrected chi connectivity index (χ1v) is 16.2. The first-order chi connectivity index (χ1) is 22.2. The molecule has 0 aliphatic carbocycles. The summed E-state index contributed by atoms with van der Waals surface area (Å²) < 4.78 is 12.1. The van der Waals surface area contributed by atoms with Gasteiger partial charge >= 0.3 is 11.9 Å². The van der Waals surface area contributed by atoms with Crippen molar-refractivity contribution in [3.05, 3.63) is 112 Å². The number of hydrogen-bond acceptors (Lipinski definition) is 12. The standard InChI is InChI=1S/C31H28N6O7S2/c1-31(28(36-24(38)16-25(36)46-31)29(40)43-18-20-12-14-23(15-13-20)37(41)42)19-45-30-32-33-34-35(30)17-26(39)44-27(21-8-4-2-5-9-21)22-10-6-3-7-11-22/h2-15,25,27-28H,16-19H2,1H3. The van der Waals surface area contributed by atoms with Gasteiger partial charge in [0.2, 0.25) is 11.1 Å². The van der Waals surface area contributed by atoms with Crippen LogP contribution in [0.25, 0.3) is 0 Å². The molecule has 6 rings (SSSR count). The summed E-state index contributed by atoms with van der Waals surface area (Å²) in [6.45, 7) is 1.56. The highest BCUT2D eigenvalue weighted by atomic mass is 32.2. The molecule has 0 bridgehead atoms. The van der Waals surface area contributed by atoms with Gasteiger partial charge in [0.1, 0.15) is 19.2 Å². The lowest BCUT2D eigenvalue weighted by molar-refractivity contribution is -0.384. The van der Waals surface area contributed by atoms with Crippen molar-refractivity contribution in [1.29, 1.82) is 0 Å². The Hall–Kier alpha value is -4.76. The third-order valence-corrected chi connectivity index (χ3v) is 10.7. The number of nitro benzene ring substituents is 1. The van der Waals surface area contributed by atoms with Gasteiger partial charge in [0.15, 0.2) is 6.10 Å². The molecule has 4 aromatic rings. The Kier molecular flexibility index (Phi) is 9.03. The number of nitrogens with zero attached hydrogens (tertiary/aromatic N) is 6. The summed E-state index contributed by atoms with van der Waals surface area (Å²) in [6, 6.07) is 23.7. The largest absolute Gasteiger partial charge is 0.459 e. The van der Waals surface area contributed by atoms with Crippen molar-refractivity contribution in [2.24, 2.45) is 0 Å². The molecular formula is C31H28N6O7S2. The van der Waals surface area contributed by atoms with Crippen LogP contribution in [0.1, 0.15) is 36.1 Å². The van der Waals surface area contributed by atoms with E-state index in [0.717, 1.165) is 11.1 Å². The molecule has 13 nitrogen and oxygen atoms in total. The van der Waals surface area contributed by atoms with E-state index in [1.54, 1.807) is 4.90 Å². The molecule has 0 saturated carbocycles. The normalized spacial score (nSPS) is 20.2. The van der Waals surface area contributed by atoms with Gasteiger partial charge in [-0.15, -0.1) is 16.9 Å². The van der Waals surface area contributed by atoms with E-state index in [-0.39, 0.29) is 30.1 Å². The second-order valence-electron chi connectivity index (χ2n) is 10.9. The van der Waals surface area contributed by atoms with E-state index in [4.69, 9.17) is 9.47 Å². The summed E-state index contributed by atoms with van der Waals surface area (Å²) in [4.78, 5) is 51.1. The molecule has 1 aromatic heterocycles. The molecule has 2 aliphatic heterocycles. The predicted octanol–water partition coefficient (Wildman–Crippen LogP) is 4.18. The van der Waals surface area contributed by atoms with Gasteiger partial charge in [-0.3, -0.25) is 19.7 Å². The second-order valence-corrected chi connectivity index (χ2v) is 13.6. The van der Waals surface area contributed by atoms with E-state index < -0.39 is 33.8 Å². The van der Waals surface area contributed by atoms with Crippen LogP contribution < -0.4 is 0 Å². The van der Waals surface area contributed by atoms with Gasteiger partial charge < -0.3 is 14.4 Å². The van der Waals surface area contributed by atoms with Crippen molar-refractivity contribution < 1.29 is 28.8 Å². The van der Waals surface area contributed by atoms with Gasteiger partial charge in [0.05, 0.1) is 21.5 Å². The van der Waals surface area contributed by atoms with Crippen LogP contribution in [0.2, 0.25) is 0 Å². The van der Waals surface area contributed by atoms with Gasteiger partial charge in [-0.25, -0.2) is 9.48 Å². The Bertz CT molecular complexity index is 1700. The van der Waals surface area contributed by atoms with Crippen LogP contribution in [0.5, 0.6) is 0 Å². The number of hydrogen-bond donors (Lipinski definition) is 0. The highest BCUT2D eigenvalue weighted by Gasteiger charge is 2.61. The number of nitro groups is 1. The minimum atomic E-state index is -0.860. The van der Waals surface area contributed by atoms with Crippen molar-refractivity contribution in [1.82, 2.24) is 25.1 Å². The molecule has 3 aromatic carbocycles. The maximum atomic E-state index is 13.4. The molecule has 0 spiro atoms. The van der Waals surface area contributed by atoms with E-state index in [9.17, 15) is 24.5 Å². The van der Waals surface area contributed by atoms with Crippen molar-refractivity contribution in [2.75, 3.05) is 5.75 Å². The lowest BCUT2D eigenvalue weighted by atomic mass is 9.98. The number of non-ortho nitro benzene ring substituents is 1. The molecule has 2 saturated heterocycles. The van der Waals surface area contributed by atoms with E-state index >= 15 is 0 Å². The summed E-state index contributed by atoms with van der Waals surface area (Å²) in [6.07, 6.45) is -0.291. The molecular weight excluding hydrogens is 633 g/mol. The third-order valence-electron chi connectivity index (χ3n) is 7.68. The Morgan fingerprint density at radius 3 is 2.33 bits per heavy atom. The maximum absolute atomic E-state index is 13.4. The maximum Gasteiger partial charge on any atom is 0.330 e. The minimum Gasteiger partial charge on any atom is -0.459 e. The molecule has 0 N–H and O–H groups in total. The molecule has 236 valence electrons. The first kappa shape index (κ1) is 31.2. The number of fused-ring (bicyclic) bond motifs is 1. The zero-order valence-corrected chi connectivity index (χ0v) is 26.1. The predicted molar refractivity (Wildman–Crippen MR) is 167 cm³/mol. The number of esters is 2. The first-order valence-electron chi connectivity index (χ1n) is 14.3. The van der Waals surface area contributed by atoms with Crippen molar-refractivity contribution in [3.8, 4) is 0 Å². The Labute approximate surface area is 271 Å². The molecule has 2 aliphatic rings. The van der Waals surface area contributed by atoms with Crippen LogP contribution in [0.4, 0.5) is 5.69 Å². The number of carbonyl (C=O) groups excluding carboxylic acids is 3. The average molecular weight is 661 g/mol. The summed E-state index contributed by atoms with van der Waals surface area (Å²) in [5.41, 5.74) is 2.17. The fraction of sp³-hybridized carbons (Fsp3) is 0.290.